The lowest BCUT2D eigenvalue weighted by molar-refractivity contribution is 0.165. The van der Waals surface area contributed by atoms with Crippen molar-refractivity contribution in [3.63, 3.8) is 0 Å². The van der Waals surface area contributed by atoms with Gasteiger partial charge in [0, 0.05) is 17.2 Å². The van der Waals surface area contributed by atoms with E-state index in [-0.39, 0.29) is 18.0 Å². The Hall–Kier alpha value is -1.85. The largest absolute Gasteiger partial charge is 0.438 e. The number of halogens is 1. The van der Waals surface area contributed by atoms with Gasteiger partial charge in [-0.05, 0) is 31.2 Å². The minimum Gasteiger partial charge on any atom is -0.438 e. The summed E-state index contributed by atoms with van der Waals surface area (Å²) in [6, 6.07) is 9.63. The van der Waals surface area contributed by atoms with E-state index in [4.69, 9.17) is 16.3 Å². The third kappa shape index (κ3) is 3.81. The highest BCUT2D eigenvalue weighted by Crippen LogP contribution is 2.20. The second-order valence-electron chi connectivity index (χ2n) is 4.10. The molecule has 6 heteroatoms. The number of nitrogens with zero attached hydrogens (tertiary/aromatic N) is 2. The minimum absolute atomic E-state index is 0.122. The van der Waals surface area contributed by atoms with Crippen LogP contribution in [0.25, 0.3) is 0 Å². The Morgan fingerprint density at radius 2 is 2.00 bits per heavy atom. The molecule has 2 rings (SSSR count). The van der Waals surface area contributed by atoms with Crippen molar-refractivity contribution in [2.24, 2.45) is 0 Å². The fourth-order valence-electron chi connectivity index (χ4n) is 1.49. The van der Waals surface area contributed by atoms with E-state index in [9.17, 15) is 9.90 Å². The number of hydrogen-bond donors (Lipinski definition) is 1. The Bertz CT molecular complexity index is 608. The van der Waals surface area contributed by atoms with Crippen molar-refractivity contribution < 1.29 is 9.84 Å². The molecule has 100 valence electrons. The van der Waals surface area contributed by atoms with Gasteiger partial charge in [-0.3, -0.25) is 4.79 Å². The molecule has 0 bridgehead atoms. The molecule has 0 saturated carbocycles. The monoisotopic (exact) mass is 280 g/mol. The fourth-order valence-corrected chi connectivity index (χ4v) is 1.62. The van der Waals surface area contributed by atoms with Gasteiger partial charge < -0.3 is 9.84 Å². The highest BCUT2D eigenvalue weighted by atomic mass is 35.5. The van der Waals surface area contributed by atoms with Crippen LogP contribution < -0.4 is 10.3 Å². The molecule has 2 aromatic rings. The summed E-state index contributed by atoms with van der Waals surface area (Å²) in [6.45, 7) is 1.71. The average Bonchev–Trinajstić information content (AvgIpc) is 2.36. The van der Waals surface area contributed by atoms with Gasteiger partial charge in [0.15, 0.2) is 0 Å². The van der Waals surface area contributed by atoms with Crippen LogP contribution >= 0.6 is 11.6 Å². The van der Waals surface area contributed by atoms with E-state index < -0.39 is 6.10 Å². The Morgan fingerprint density at radius 1 is 1.32 bits per heavy atom. The molecule has 0 aliphatic heterocycles. The second-order valence-corrected chi connectivity index (χ2v) is 4.53. The molecule has 0 radical (unpaired) electrons. The number of aliphatic hydroxyl groups is 1. The lowest BCUT2D eigenvalue weighted by Crippen LogP contribution is -2.26. The van der Waals surface area contributed by atoms with Crippen LogP contribution in [0, 0.1) is 0 Å². The van der Waals surface area contributed by atoms with E-state index in [2.05, 4.69) is 5.10 Å². The number of aliphatic hydroxyl groups excluding tert-OH is 1. The number of rotatable bonds is 4. The van der Waals surface area contributed by atoms with E-state index in [1.807, 2.05) is 0 Å². The highest BCUT2D eigenvalue weighted by Gasteiger charge is 2.05. The quantitative estimate of drug-likeness (QED) is 0.931. The van der Waals surface area contributed by atoms with Gasteiger partial charge in [-0.1, -0.05) is 11.6 Å². The van der Waals surface area contributed by atoms with Crippen LogP contribution in [0.5, 0.6) is 11.6 Å². The molecule has 1 aromatic heterocycles. The van der Waals surface area contributed by atoms with Gasteiger partial charge in [-0.25, -0.2) is 4.68 Å². The molecule has 0 saturated heterocycles. The van der Waals surface area contributed by atoms with Crippen LogP contribution in [0.2, 0.25) is 5.02 Å². The van der Waals surface area contributed by atoms with E-state index in [0.29, 0.717) is 10.8 Å². The highest BCUT2D eigenvalue weighted by molar-refractivity contribution is 6.30. The van der Waals surface area contributed by atoms with E-state index in [0.717, 1.165) is 4.68 Å². The van der Waals surface area contributed by atoms with Crippen LogP contribution in [-0.2, 0) is 6.54 Å². The lowest BCUT2D eigenvalue weighted by atomic mass is 10.3. The molecule has 0 fully saturated rings. The summed E-state index contributed by atoms with van der Waals surface area (Å²) in [5.41, 5.74) is -0.288. The first-order valence-electron chi connectivity index (χ1n) is 5.74. The van der Waals surface area contributed by atoms with Crippen molar-refractivity contribution in [1.82, 2.24) is 9.78 Å². The zero-order valence-electron chi connectivity index (χ0n) is 10.3. The summed E-state index contributed by atoms with van der Waals surface area (Å²) in [5, 5.41) is 13.9. The van der Waals surface area contributed by atoms with Crippen LogP contribution in [0.4, 0.5) is 0 Å². The third-order valence-corrected chi connectivity index (χ3v) is 2.57. The predicted octanol–water partition coefficient (Wildman–Crippen LogP) is 2.07. The van der Waals surface area contributed by atoms with Crippen LogP contribution in [0.3, 0.4) is 0 Å². The first-order chi connectivity index (χ1) is 9.04. The topological polar surface area (TPSA) is 64.3 Å². The summed E-state index contributed by atoms with van der Waals surface area (Å²) < 4.78 is 6.66. The fraction of sp³-hybridized carbons (Fsp3) is 0.231. The summed E-state index contributed by atoms with van der Waals surface area (Å²) in [7, 11) is 0. The SMILES string of the molecule is CC(O)Cn1nc(Oc2ccc(Cl)cc2)ccc1=O. The Kier molecular flexibility index (Phi) is 4.19. The van der Waals surface area contributed by atoms with Crippen molar-refractivity contribution in [3.8, 4) is 11.6 Å². The normalized spacial score (nSPS) is 12.2. The summed E-state index contributed by atoms with van der Waals surface area (Å²) in [5.74, 6) is 0.849. The van der Waals surface area contributed by atoms with Crippen molar-refractivity contribution in [2.75, 3.05) is 0 Å². The van der Waals surface area contributed by atoms with Gasteiger partial charge in [0.25, 0.3) is 5.56 Å². The van der Waals surface area contributed by atoms with Gasteiger partial charge in [-0.2, -0.15) is 0 Å². The lowest BCUT2D eigenvalue weighted by Gasteiger charge is -2.09. The number of ether oxygens (including phenoxy) is 1. The molecule has 5 nitrogen and oxygen atoms in total. The molecule has 0 amide bonds. The Balaban J connectivity index is 2.21. The maximum absolute atomic E-state index is 11.5. The minimum atomic E-state index is -0.656. The van der Waals surface area contributed by atoms with Gasteiger partial charge in [0.2, 0.25) is 5.88 Å². The van der Waals surface area contributed by atoms with Crippen molar-refractivity contribution >= 4 is 11.6 Å². The van der Waals surface area contributed by atoms with Gasteiger partial charge >= 0.3 is 0 Å². The number of aromatic nitrogens is 2. The van der Waals surface area contributed by atoms with Crippen LogP contribution in [-0.4, -0.2) is 21.0 Å². The third-order valence-electron chi connectivity index (χ3n) is 2.32. The van der Waals surface area contributed by atoms with Gasteiger partial charge in [0.05, 0.1) is 12.6 Å². The molecule has 0 spiro atoms. The van der Waals surface area contributed by atoms with E-state index >= 15 is 0 Å². The van der Waals surface area contributed by atoms with Gasteiger partial charge in [-0.15, -0.1) is 5.10 Å². The molecule has 19 heavy (non-hydrogen) atoms. The molecule has 1 atom stereocenters. The molecule has 0 aliphatic carbocycles. The summed E-state index contributed by atoms with van der Waals surface area (Å²) in [6.07, 6.45) is -0.656. The zero-order chi connectivity index (χ0) is 13.8. The van der Waals surface area contributed by atoms with Crippen molar-refractivity contribution in [1.29, 1.82) is 0 Å². The first-order valence-corrected chi connectivity index (χ1v) is 6.12. The Labute approximate surface area is 115 Å². The molecule has 1 aromatic carbocycles. The average molecular weight is 281 g/mol. The number of benzene rings is 1. The van der Waals surface area contributed by atoms with E-state index in [1.165, 1.54) is 12.1 Å². The van der Waals surface area contributed by atoms with Crippen LogP contribution in [0.1, 0.15) is 6.92 Å². The molecule has 1 heterocycles. The first kappa shape index (κ1) is 13.6. The zero-order valence-corrected chi connectivity index (χ0v) is 11.0. The molecule has 1 unspecified atom stereocenters. The summed E-state index contributed by atoms with van der Waals surface area (Å²) in [4.78, 5) is 11.5. The molecule has 1 N–H and O–H groups in total. The molecular formula is C13H13ClN2O3. The summed E-state index contributed by atoms with van der Waals surface area (Å²) >= 11 is 5.77. The number of hydrogen-bond acceptors (Lipinski definition) is 4. The maximum atomic E-state index is 11.5. The second kappa shape index (κ2) is 5.86. The smallest absolute Gasteiger partial charge is 0.267 e. The van der Waals surface area contributed by atoms with Crippen molar-refractivity contribution in [3.05, 3.63) is 51.8 Å². The Morgan fingerprint density at radius 3 is 2.63 bits per heavy atom. The van der Waals surface area contributed by atoms with E-state index in [1.54, 1.807) is 31.2 Å². The maximum Gasteiger partial charge on any atom is 0.267 e. The van der Waals surface area contributed by atoms with Crippen LogP contribution in [0.15, 0.2) is 41.2 Å². The standard InChI is InChI=1S/C13H13ClN2O3/c1-9(17)8-16-13(18)7-6-12(15-16)19-11-4-2-10(14)3-5-11/h2-7,9,17H,8H2,1H3. The predicted molar refractivity (Wildman–Crippen MR) is 71.7 cm³/mol. The van der Waals surface area contributed by atoms with Crippen molar-refractivity contribution in [2.45, 2.75) is 19.6 Å². The van der Waals surface area contributed by atoms with Gasteiger partial charge in [0.1, 0.15) is 5.75 Å². The molecule has 0 aliphatic rings. The molecular weight excluding hydrogens is 268 g/mol.